The summed E-state index contributed by atoms with van der Waals surface area (Å²) in [5.74, 6) is 1.77. The molecule has 0 aromatic heterocycles. The molecule has 0 bridgehead atoms. The Balaban J connectivity index is 1.58. The van der Waals surface area contributed by atoms with Crippen LogP contribution in [0.4, 0.5) is 0 Å². The van der Waals surface area contributed by atoms with Gasteiger partial charge < -0.3 is 5.11 Å². The molecule has 3 fully saturated rings. The van der Waals surface area contributed by atoms with Crippen LogP contribution < -0.4 is 0 Å². The number of hydrogen-bond donors (Lipinski definition) is 1. The van der Waals surface area contributed by atoms with Gasteiger partial charge in [-0.2, -0.15) is 0 Å². The topological polar surface area (TPSA) is 54.4 Å². The predicted molar refractivity (Wildman–Crippen MR) is 99.3 cm³/mol. The van der Waals surface area contributed by atoms with E-state index in [1.54, 1.807) is 0 Å². The van der Waals surface area contributed by atoms with Crippen LogP contribution in [0.3, 0.4) is 0 Å². The summed E-state index contributed by atoms with van der Waals surface area (Å²) in [5.41, 5.74) is 1.22. The molecule has 3 heteroatoms. The number of allylic oxidation sites excluding steroid dienone is 4. The highest BCUT2D eigenvalue weighted by Gasteiger charge is 2.66. The van der Waals surface area contributed by atoms with Gasteiger partial charge in [0.25, 0.3) is 0 Å². The lowest BCUT2D eigenvalue weighted by atomic mass is 9.45. The number of Topliss-reactive ketones (excluding diaryl/α,β-unsaturated/α-hetero) is 1. The van der Waals surface area contributed by atoms with Gasteiger partial charge in [0.05, 0.1) is 6.10 Å². The van der Waals surface area contributed by atoms with Gasteiger partial charge in [0, 0.05) is 25.2 Å². The van der Waals surface area contributed by atoms with E-state index in [4.69, 9.17) is 0 Å². The van der Waals surface area contributed by atoms with Gasteiger partial charge in [-0.15, -0.1) is 0 Å². The number of carbonyl (C=O) groups is 2. The number of rotatable bonds is 0. The van der Waals surface area contributed by atoms with Crippen molar-refractivity contribution in [3.05, 3.63) is 23.8 Å². The Kier molecular flexibility index (Phi) is 3.37. The molecule has 0 saturated heterocycles. The molecule has 0 heterocycles. The molecule has 7 atom stereocenters. The molecule has 3 saturated carbocycles. The van der Waals surface area contributed by atoms with Crippen molar-refractivity contribution in [1.82, 2.24) is 0 Å². The summed E-state index contributed by atoms with van der Waals surface area (Å²) in [7, 11) is 0. The predicted octanol–water partition coefficient (Wildman–Crippen LogP) is 4.00. The van der Waals surface area contributed by atoms with Crippen LogP contribution in [0.2, 0.25) is 0 Å². The molecular formula is C23H30O3. The van der Waals surface area contributed by atoms with Crippen LogP contribution in [0.25, 0.3) is 0 Å². The van der Waals surface area contributed by atoms with Crippen molar-refractivity contribution in [3.63, 3.8) is 0 Å². The van der Waals surface area contributed by atoms with E-state index in [1.165, 1.54) is 6.42 Å². The lowest BCUT2D eigenvalue weighted by molar-refractivity contribution is -0.132. The number of hydrogen-bond acceptors (Lipinski definition) is 3. The molecule has 26 heavy (non-hydrogen) atoms. The number of ketones is 2. The number of fused-ring (bicyclic) bond motifs is 6. The second-order valence-corrected chi connectivity index (χ2v) is 10.3. The third-order valence-corrected chi connectivity index (χ3v) is 9.41. The van der Waals surface area contributed by atoms with Crippen molar-refractivity contribution in [2.75, 3.05) is 0 Å². The minimum absolute atomic E-state index is 0.0617. The molecule has 0 aromatic carbocycles. The van der Waals surface area contributed by atoms with Crippen molar-refractivity contribution < 1.29 is 14.7 Å². The summed E-state index contributed by atoms with van der Waals surface area (Å²) < 4.78 is 0. The van der Waals surface area contributed by atoms with Crippen molar-refractivity contribution >= 4 is 11.6 Å². The zero-order valence-electron chi connectivity index (χ0n) is 16.0. The molecule has 5 rings (SSSR count). The Morgan fingerprint density at radius 1 is 1.12 bits per heavy atom. The summed E-state index contributed by atoms with van der Waals surface area (Å²) >= 11 is 0. The zero-order chi connectivity index (χ0) is 18.3. The van der Waals surface area contributed by atoms with Crippen LogP contribution in [0.15, 0.2) is 23.8 Å². The highest BCUT2D eigenvalue weighted by molar-refractivity contribution is 5.92. The SMILES string of the molecule is C[C@]12CCC(=O)C=C1C=CC1C2[C@H](O)C[C@@]2(C)C1CC[C@@]21CCC(=O)C1. The van der Waals surface area contributed by atoms with Crippen LogP contribution >= 0.6 is 0 Å². The summed E-state index contributed by atoms with van der Waals surface area (Å²) in [6, 6.07) is 0. The van der Waals surface area contributed by atoms with Crippen molar-refractivity contribution in [1.29, 1.82) is 0 Å². The van der Waals surface area contributed by atoms with Gasteiger partial charge in [-0.3, -0.25) is 9.59 Å². The first-order valence-electron chi connectivity index (χ1n) is 10.4. The average Bonchev–Trinajstić information content (AvgIpc) is 3.09. The van der Waals surface area contributed by atoms with Crippen LogP contribution in [-0.2, 0) is 9.59 Å². The van der Waals surface area contributed by atoms with Crippen LogP contribution in [0, 0.1) is 34.0 Å². The van der Waals surface area contributed by atoms with E-state index in [-0.39, 0.29) is 34.1 Å². The fourth-order valence-electron chi connectivity index (χ4n) is 7.97. The molecule has 0 amide bonds. The summed E-state index contributed by atoms with van der Waals surface area (Å²) in [5, 5.41) is 11.4. The molecule has 140 valence electrons. The van der Waals surface area contributed by atoms with Gasteiger partial charge in [-0.25, -0.2) is 0 Å². The van der Waals surface area contributed by atoms with Crippen LogP contribution in [-0.4, -0.2) is 22.8 Å². The molecule has 0 aromatic rings. The van der Waals surface area contributed by atoms with E-state index in [9.17, 15) is 14.7 Å². The fraction of sp³-hybridized carbons (Fsp3) is 0.739. The lowest BCUT2D eigenvalue weighted by Crippen LogP contribution is -2.56. The number of aliphatic hydroxyl groups excluding tert-OH is 1. The van der Waals surface area contributed by atoms with Gasteiger partial charge in [-0.1, -0.05) is 26.0 Å². The second kappa shape index (κ2) is 5.19. The Morgan fingerprint density at radius 2 is 1.92 bits per heavy atom. The maximum Gasteiger partial charge on any atom is 0.156 e. The molecule has 5 aliphatic carbocycles. The highest BCUT2D eigenvalue weighted by Crippen LogP contribution is 2.71. The summed E-state index contributed by atoms with van der Waals surface area (Å²) in [4.78, 5) is 24.1. The summed E-state index contributed by atoms with van der Waals surface area (Å²) in [6.07, 6.45) is 13.0. The Bertz CT molecular complexity index is 749. The quantitative estimate of drug-likeness (QED) is 0.715. The fourth-order valence-corrected chi connectivity index (χ4v) is 7.97. The van der Waals surface area contributed by atoms with Gasteiger partial charge in [-0.05, 0) is 71.8 Å². The molecule has 5 aliphatic rings. The third-order valence-electron chi connectivity index (χ3n) is 9.41. The molecule has 3 unspecified atom stereocenters. The van der Waals surface area contributed by atoms with Gasteiger partial charge in [0.2, 0.25) is 0 Å². The molecule has 0 radical (unpaired) electrons. The first-order chi connectivity index (χ1) is 12.3. The first kappa shape index (κ1) is 16.9. The van der Waals surface area contributed by atoms with Gasteiger partial charge >= 0.3 is 0 Å². The standard InChI is InChI=1S/C23H30O3/c1-21-8-5-15(24)11-14(21)3-4-17-18-7-10-23(9-6-16(25)12-23)22(18,2)13-19(26)20(17)21/h3-4,11,17-20,26H,5-10,12-13H2,1-2H3/t17?,18?,19-,20?,21+,22+,23-/m1/s1. The van der Waals surface area contributed by atoms with E-state index in [0.717, 1.165) is 44.1 Å². The van der Waals surface area contributed by atoms with Gasteiger partial charge in [0.1, 0.15) is 5.78 Å². The van der Waals surface area contributed by atoms with Crippen LogP contribution in [0.5, 0.6) is 0 Å². The molecule has 1 spiro atoms. The normalized spacial score (nSPS) is 52.7. The Labute approximate surface area is 155 Å². The minimum atomic E-state index is -0.349. The smallest absolute Gasteiger partial charge is 0.156 e. The van der Waals surface area contributed by atoms with E-state index in [2.05, 4.69) is 26.0 Å². The average molecular weight is 354 g/mol. The van der Waals surface area contributed by atoms with Gasteiger partial charge in [0.15, 0.2) is 5.78 Å². The Morgan fingerprint density at radius 3 is 2.65 bits per heavy atom. The molecule has 1 N–H and O–H groups in total. The zero-order valence-corrected chi connectivity index (χ0v) is 16.0. The maximum absolute atomic E-state index is 12.1. The van der Waals surface area contributed by atoms with Crippen molar-refractivity contribution in [2.24, 2.45) is 34.0 Å². The monoisotopic (exact) mass is 354 g/mol. The molecule has 3 nitrogen and oxygen atoms in total. The van der Waals surface area contributed by atoms with E-state index in [0.29, 0.717) is 24.0 Å². The lowest BCUT2D eigenvalue weighted by Gasteiger charge is -2.59. The van der Waals surface area contributed by atoms with Crippen molar-refractivity contribution in [3.8, 4) is 0 Å². The largest absolute Gasteiger partial charge is 0.393 e. The highest BCUT2D eigenvalue weighted by atomic mass is 16.3. The first-order valence-corrected chi connectivity index (χ1v) is 10.4. The minimum Gasteiger partial charge on any atom is -0.393 e. The van der Waals surface area contributed by atoms with E-state index < -0.39 is 0 Å². The van der Waals surface area contributed by atoms with Crippen molar-refractivity contribution in [2.45, 2.75) is 71.3 Å². The van der Waals surface area contributed by atoms with E-state index >= 15 is 0 Å². The Hall–Kier alpha value is -1.22. The number of aliphatic hydroxyl groups is 1. The second-order valence-electron chi connectivity index (χ2n) is 10.3. The molecular weight excluding hydrogens is 324 g/mol. The number of carbonyl (C=O) groups excluding carboxylic acids is 2. The maximum atomic E-state index is 12.1. The third kappa shape index (κ3) is 1.93. The molecule has 0 aliphatic heterocycles. The van der Waals surface area contributed by atoms with E-state index in [1.807, 2.05) is 6.08 Å². The van der Waals surface area contributed by atoms with Crippen LogP contribution in [0.1, 0.15) is 65.2 Å². The summed E-state index contributed by atoms with van der Waals surface area (Å²) in [6.45, 7) is 4.64.